The minimum Gasteiger partial charge on any atom is -0.0764 e. The minimum absolute atomic E-state index is 0.695. The Labute approximate surface area is 180 Å². The second-order valence-electron chi connectivity index (χ2n) is 8.44. The number of allylic oxidation sites excluding steroid dienone is 18. The van der Waals surface area contributed by atoms with Crippen molar-refractivity contribution >= 4 is 0 Å². The summed E-state index contributed by atoms with van der Waals surface area (Å²) in [6.45, 7) is 15.2. The van der Waals surface area contributed by atoms with Crippen molar-refractivity contribution in [2.45, 2.75) is 67.7 Å². The van der Waals surface area contributed by atoms with Gasteiger partial charge in [-0.05, 0) is 72.3 Å². The van der Waals surface area contributed by atoms with Crippen LogP contribution in [0.25, 0.3) is 0 Å². The van der Waals surface area contributed by atoms with Crippen LogP contribution in [0.4, 0.5) is 0 Å². The lowest BCUT2D eigenvalue weighted by atomic mass is 9.84. The van der Waals surface area contributed by atoms with Gasteiger partial charge in [0.1, 0.15) is 0 Å². The van der Waals surface area contributed by atoms with Crippen LogP contribution >= 0.6 is 0 Å². The predicted octanol–water partition coefficient (Wildman–Crippen LogP) is 9.15. The molecular formula is C29H40. The molecule has 29 heavy (non-hydrogen) atoms. The van der Waals surface area contributed by atoms with Crippen molar-refractivity contribution in [2.75, 3.05) is 0 Å². The first-order valence-electron chi connectivity index (χ1n) is 10.9. The maximum absolute atomic E-state index is 2.35. The maximum atomic E-state index is 2.35. The Bertz CT molecular complexity index is 791. The van der Waals surface area contributed by atoms with Crippen molar-refractivity contribution < 1.29 is 0 Å². The predicted molar refractivity (Wildman–Crippen MR) is 133 cm³/mol. The molecule has 1 atom stereocenters. The molecule has 0 aliphatic heterocycles. The normalized spacial score (nSPS) is 20.1. The Morgan fingerprint density at radius 3 is 1.79 bits per heavy atom. The molecular weight excluding hydrogens is 348 g/mol. The second-order valence-corrected chi connectivity index (χ2v) is 8.44. The highest BCUT2D eigenvalue weighted by Gasteiger charge is 2.14. The third kappa shape index (κ3) is 11.3. The zero-order chi connectivity index (χ0) is 21.6. The third-order valence-corrected chi connectivity index (χ3v) is 5.07. The molecule has 1 rings (SSSR count). The fourth-order valence-corrected chi connectivity index (χ4v) is 3.25. The lowest BCUT2D eigenvalue weighted by molar-refractivity contribution is 0.546. The Kier molecular flexibility index (Phi) is 11.7. The van der Waals surface area contributed by atoms with Crippen LogP contribution in [0.5, 0.6) is 0 Å². The van der Waals surface area contributed by atoms with Crippen molar-refractivity contribution in [2.24, 2.45) is 5.92 Å². The summed E-state index contributed by atoms with van der Waals surface area (Å²) in [6.07, 6.45) is 29.7. The van der Waals surface area contributed by atoms with Crippen molar-refractivity contribution in [1.82, 2.24) is 0 Å². The highest BCUT2D eigenvalue weighted by Crippen LogP contribution is 2.30. The van der Waals surface area contributed by atoms with Gasteiger partial charge in [-0.1, -0.05) is 108 Å². The van der Waals surface area contributed by atoms with Crippen LogP contribution in [0, 0.1) is 5.92 Å². The van der Waals surface area contributed by atoms with E-state index in [0.29, 0.717) is 5.92 Å². The summed E-state index contributed by atoms with van der Waals surface area (Å²) in [5.41, 5.74) is 8.16. The summed E-state index contributed by atoms with van der Waals surface area (Å²) in [7, 11) is 0. The van der Waals surface area contributed by atoms with Crippen molar-refractivity contribution in [1.29, 1.82) is 0 Å². The Balaban J connectivity index is 2.60. The molecule has 0 aromatic carbocycles. The quantitative estimate of drug-likeness (QED) is 0.363. The minimum atomic E-state index is 0.695. The second kappa shape index (κ2) is 13.8. The summed E-state index contributed by atoms with van der Waals surface area (Å²) >= 11 is 0. The van der Waals surface area contributed by atoms with Gasteiger partial charge in [0, 0.05) is 0 Å². The number of hydrogen-bond acceptors (Lipinski definition) is 0. The molecule has 0 heteroatoms. The van der Waals surface area contributed by atoms with E-state index in [1.54, 1.807) is 5.57 Å². The summed E-state index contributed by atoms with van der Waals surface area (Å²) in [4.78, 5) is 0. The van der Waals surface area contributed by atoms with Gasteiger partial charge >= 0.3 is 0 Å². The van der Waals surface area contributed by atoms with Crippen LogP contribution in [-0.2, 0) is 0 Å². The van der Waals surface area contributed by atoms with E-state index in [9.17, 15) is 0 Å². The highest BCUT2D eigenvalue weighted by molar-refractivity contribution is 5.35. The zero-order valence-electron chi connectivity index (χ0n) is 19.6. The molecule has 0 heterocycles. The Hall–Kier alpha value is -2.34. The first-order valence-corrected chi connectivity index (χ1v) is 10.9. The fraction of sp³-hybridized carbons (Fsp3) is 0.379. The van der Waals surface area contributed by atoms with Crippen LogP contribution in [0.1, 0.15) is 67.7 Å². The van der Waals surface area contributed by atoms with E-state index >= 15 is 0 Å². The summed E-state index contributed by atoms with van der Waals surface area (Å²) in [6, 6.07) is 0. The molecule has 0 fully saturated rings. The molecule has 1 aliphatic rings. The molecule has 1 unspecified atom stereocenters. The van der Waals surface area contributed by atoms with Crippen LogP contribution in [-0.4, -0.2) is 0 Å². The van der Waals surface area contributed by atoms with Crippen molar-refractivity contribution in [3.63, 3.8) is 0 Å². The van der Waals surface area contributed by atoms with Gasteiger partial charge in [-0.3, -0.25) is 0 Å². The van der Waals surface area contributed by atoms with Gasteiger partial charge in [-0.2, -0.15) is 0 Å². The molecule has 0 bridgehead atoms. The van der Waals surface area contributed by atoms with E-state index in [1.165, 1.54) is 47.1 Å². The van der Waals surface area contributed by atoms with Gasteiger partial charge in [0.15, 0.2) is 0 Å². The van der Waals surface area contributed by atoms with E-state index in [2.05, 4.69) is 121 Å². The summed E-state index contributed by atoms with van der Waals surface area (Å²) in [5, 5.41) is 0. The molecule has 0 saturated carbocycles. The summed E-state index contributed by atoms with van der Waals surface area (Å²) < 4.78 is 0. The Morgan fingerprint density at radius 2 is 1.24 bits per heavy atom. The van der Waals surface area contributed by atoms with Crippen molar-refractivity contribution in [3.05, 3.63) is 106 Å². The SMILES string of the molecule is CC(C)=C/C=C/C(C)=C/C=C/C=C(C)/C=C/C=C(C)/C=C/C1=C(C)CCCC1C. The molecule has 0 saturated heterocycles. The highest BCUT2D eigenvalue weighted by atomic mass is 14.2. The first kappa shape index (κ1) is 24.7. The average Bonchev–Trinajstić information content (AvgIpc) is 2.64. The van der Waals surface area contributed by atoms with Crippen LogP contribution in [0.15, 0.2) is 106 Å². The third-order valence-electron chi connectivity index (χ3n) is 5.07. The van der Waals surface area contributed by atoms with Crippen LogP contribution in [0.3, 0.4) is 0 Å². The summed E-state index contributed by atoms with van der Waals surface area (Å²) in [5.74, 6) is 0.695. The van der Waals surface area contributed by atoms with E-state index in [4.69, 9.17) is 0 Å². The van der Waals surface area contributed by atoms with Gasteiger partial charge in [0.25, 0.3) is 0 Å². The first-order chi connectivity index (χ1) is 13.8. The molecule has 0 spiro atoms. The molecule has 0 N–H and O–H groups in total. The standard InChI is InChI=1S/C29H40/c1-23(2)13-10-16-24(3)14-8-9-15-25(4)17-11-18-26(5)21-22-29-27(6)19-12-20-28(29)7/h8-11,13-18,21-22,27H,12,19-20H2,1-7H3/b9-8+,16-10+,17-11+,22-21+,24-14+,25-15+,26-18+. The largest absolute Gasteiger partial charge is 0.0764 e. The number of hydrogen-bond donors (Lipinski definition) is 0. The lowest BCUT2D eigenvalue weighted by Gasteiger charge is -2.22. The van der Waals surface area contributed by atoms with Gasteiger partial charge in [-0.15, -0.1) is 0 Å². The molecule has 0 nitrogen and oxygen atoms in total. The topological polar surface area (TPSA) is 0 Å². The molecule has 0 radical (unpaired) electrons. The Morgan fingerprint density at radius 1 is 0.724 bits per heavy atom. The molecule has 0 aromatic rings. The smallest absolute Gasteiger partial charge is 0.0191 e. The zero-order valence-corrected chi connectivity index (χ0v) is 19.6. The van der Waals surface area contributed by atoms with Crippen LogP contribution in [0.2, 0.25) is 0 Å². The average molecular weight is 389 g/mol. The fourth-order valence-electron chi connectivity index (χ4n) is 3.25. The molecule has 0 amide bonds. The molecule has 156 valence electrons. The monoisotopic (exact) mass is 388 g/mol. The van der Waals surface area contributed by atoms with E-state index in [-0.39, 0.29) is 0 Å². The van der Waals surface area contributed by atoms with Gasteiger partial charge in [-0.25, -0.2) is 0 Å². The molecule has 0 aromatic heterocycles. The van der Waals surface area contributed by atoms with Gasteiger partial charge < -0.3 is 0 Å². The maximum Gasteiger partial charge on any atom is -0.0191 e. The van der Waals surface area contributed by atoms with Crippen molar-refractivity contribution in [3.8, 4) is 0 Å². The van der Waals surface area contributed by atoms with E-state index in [1.807, 2.05) is 0 Å². The molecule has 1 aliphatic carbocycles. The van der Waals surface area contributed by atoms with E-state index < -0.39 is 0 Å². The van der Waals surface area contributed by atoms with Crippen LogP contribution < -0.4 is 0 Å². The lowest BCUT2D eigenvalue weighted by Crippen LogP contribution is -2.06. The van der Waals surface area contributed by atoms with Gasteiger partial charge in [0.2, 0.25) is 0 Å². The van der Waals surface area contributed by atoms with E-state index in [0.717, 1.165) is 0 Å². The van der Waals surface area contributed by atoms with Gasteiger partial charge in [0.05, 0.1) is 0 Å². The number of rotatable bonds is 8.